The molecule has 1 aromatic heterocycles. The first-order chi connectivity index (χ1) is 4.33. The van der Waals surface area contributed by atoms with Crippen LogP contribution >= 0.6 is 0 Å². The Morgan fingerprint density at radius 2 is 2.30 bits per heavy atom. The van der Waals surface area contributed by atoms with Crippen LogP contribution < -0.4 is 4.74 Å². The van der Waals surface area contributed by atoms with E-state index in [0.717, 1.165) is 0 Å². The maximum absolute atomic E-state index is 8.64. The third-order valence-corrected chi connectivity index (χ3v) is 0.826. The first-order valence-electron chi connectivity index (χ1n) is 2.39. The summed E-state index contributed by atoms with van der Waals surface area (Å²) in [6.45, 7) is 0. The average Bonchev–Trinajstić information content (AvgIpc) is 1.88. The van der Waals surface area contributed by atoms with Gasteiger partial charge in [0, 0.05) is 33.3 Å². The molecule has 0 amide bonds. The molecule has 0 spiro atoms. The Labute approximate surface area is 72.5 Å². The second-order valence-electron chi connectivity index (χ2n) is 1.40. The van der Waals surface area contributed by atoms with Crippen molar-refractivity contribution in [3.63, 3.8) is 0 Å². The molecule has 1 N–H and O–H groups in total. The van der Waals surface area contributed by atoms with Crippen LogP contribution in [0.5, 0.6) is 11.9 Å². The van der Waals surface area contributed by atoms with Crippen molar-refractivity contribution in [1.82, 2.24) is 9.97 Å². The fourth-order valence-electron chi connectivity index (χ4n) is 0.446. The van der Waals surface area contributed by atoms with Crippen molar-refractivity contribution in [3.05, 3.63) is 12.3 Å². The van der Waals surface area contributed by atoms with Crippen LogP contribution in [0.4, 0.5) is 0 Å². The Bertz CT molecular complexity index is 207. The molecule has 1 aromatic rings. The first-order valence-corrected chi connectivity index (χ1v) is 2.39. The van der Waals surface area contributed by atoms with E-state index in [2.05, 4.69) is 14.7 Å². The van der Waals surface area contributed by atoms with E-state index >= 15 is 0 Å². The second kappa shape index (κ2) is 4.23. The zero-order valence-corrected chi connectivity index (χ0v) is 7.49. The maximum atomic E-state index is 8.64. The molecule has 0 saturated carbocycles. The molecular weight excluding hydrogens is 315 g/mol. The Morgan fingerprint density at radius 1 is 1.60 bits per heavy atom. The van der Waals surface area contributed by atoms with Gasteiger partial charge in [0.1, 0.15) is 0 Å². The summed E-state index contributed by atoms with van der Waals surface area (Å²) in [4.78, 5) is 6.97. The quantitative estimate of drug-likeness (QED) is 0.802. The molecule has 1 rings (SSSR count). The van der Waals surface area contributed by atoms with Crippen molar-refractivity contribution < 1.29 is 30.9 Å². The molecular formula is C5H6N2O2Pt. The first kappa shape index (κ1) is 9.37. The van der Waals surface area contributed by atoms with Gasteiger partial charge >= 0.3 is 6.01 Å². The molecule has 1 heterocycles. The SMILES string of the molecule is COc1ccnc(O)n1.[Pt]. The van der Waals surface area contributed by atoms with Gasteiger partial charge < -0.3 is 9.84 Å². The van der Waals surface area contributed by atoms with Gasteiger partial charge in [-0.3, -0.25) is 0 Å². The fraction of sp³-hybridized carbons (Fsp3) is 0.200. The molecule has 0 aromatic carbocycles. The number of methoxy groups -OCH3 is 1. The van der Waals surface area contributed by atoms with Crippen molar-refractivity contribution >= 4 is 0 Å². The predicted molar refractivity (Wildman–Crippen MR) is 30.2 cm³/mol. The van der Waals surface area contributed by atoms with Crippen molar-refractivity contribution in [2.24, 2.45) is 0 Å². The largest absolute Gasteiger partial charge is 0.481 e. The van der Waals surface area contributed by atoms with Crippen LogP contribution in [-0.4, -0.2) is 22.2 Å². The molecule has 5 heteroatoms. The Kier molecular flexibility index (Phi) is 3.96. The van der Waals surface area contributed by atoms with E-state index in [1.807, 2.05) is 0 Å². The van der Waals surface area contributed by atoms with Crippen LogP contribution in [0.15, 0.2) is 12.3 Å². The molecule has 10 heavy (non-hydrogen) atoms. The number of hydrogen-bond acceptors (Lipinski definition) is 4. The smallest absolute Gasteiger partial charge is 0.317 e. The molecule has 0 unspecified atom stereocenters. The summed E-state index contributed by atoms with van der Waals surface area (Å²) in [5, 5.41) is 8.64. The molecule has 0 bridgehead atoms. The number of hydrogen-bond donors (Lipinski definition) is 1. The van der Waals surface area contributed by atoms with Gasteiger partial charge in [-0.15, -0.1) is 0 Å². The minimum absolute atomic E-state index is 0. The van der Waals surface area contributed by atoms with E-state index in [4.69, 9.17) is 5.11 Å². The summed E-state index contributed by atoms with van der Waals surface area (Å²) in [7, 11) is 1.47. The second-order valence-corrected chi connectivity index (χ2v) is 1.40. The molecule has 58 valence electrons. The van der Waals surface area contributed by atoms with E-state index in [1.165, 1.54) is 13.3 Å². The van der Waals surface area contributed by atoms with Crippen LogP contribution in [0.2, 0.25) is 0 Å². The third-order valence-electron chi connectivity index (χ3n) is 0.826. The number of aromatic hydroxyl groups is 1. The van der Waals surface area contributed by atoms with Crippen molar-refractivity contribution in [1.29, 1.82) is 0 Å². The van der Waals surface area contributed by atoms with Gasteiger partial charge in [0.05, 0.1) is 7.11 Å². The van der Waals surface area contributed by atoms with Crippen LogP contribution in [0.3, 0.4) is 0 Å². The van der Waals surface area contributed by atoms with Crippen molar-refractivity contribution in [2.45, 2.75) is 0 Å². The summed E-state index contributed by atoms with van der Waals surface area (Å²) in [6.07, 6.45) is 1.42. The van der Waals surface area contributed by atoms with E-state index in [-0.39, 0.29) is 27.1 Å². The number of aromatic nitrogens is 2. The van der Waals surface area contributed by atoms with Crippen LogP contribution in [0.25, 0.3) is 0 Å². The van der Waals surface area contributed by atoms with Crippen LogP contribution in [-0.2, 0) is 21.1 Å². The summed E-state index contributed by atoms with van der Waals surface area (Å²) in [5.74, 6) is 0.363. The molecule has 4 nitrogen and oxygen atoms in total. The van der Waals surface area contributed by atoms with Gasteiger partial charge in [0.25, 0.3) is 0 Å². The van der Waals surface area contributed by atoms with Gasteiger partial charge in [0.15, 0.2) is 0 Å². The van der Waals surface area contributed by atoms with Crippen LogP contribution in [0, 0.1) is 0 Å². The predicted octanol–water partition coefficient (Wildman–Crippen LogP) is 0.188. The number of ether oxygens (including phenoxy) is 1. The topological polar surface area (TPSA) is 55.2 Å². The summed E-state index contributed by atoms with van der Waals surface area (Å²) in [6, 6.07) is 1.29. The Balaban J connectivity index is 0.000000810. The van der Waals surface area contributed by atoms with Gasteiger partial charge in [-0.1, -0.05) is 0 Å². The molecule has 0 saturated heterocycles. The zero-order valence-electron chi connectivity index (χ0n) is 5.22. The number of nitrogens with zero attached hydrogens (tertiary/aromatic N) is 2. The average molecular weight is 321 g/mol. The Morgan fingerprint density at radius 3 is 2.70 bits per heavy atom. The fourth-order valence-corrected chi connectivity index (χ4v) is 0.446. The van der Waals surface area contributed by atoms with Crippen molar-refractivity contribution in [2.75, 3.05) is 7.11 Å². The minimum Gasteiger partial charge on any atom is -0.481 e. The molecule has 0 aliphatic carbocycles. The zero-order chi connectivity index (χ0) is 6.69. The molecule has 0 radical (unpaired) electrons. The Hall–Kier alpha value is -0.632. The summed E-state index contributed by atoms with van der Waals surface area (Å²) < 4.78 is 4.68. The monoisotopic (exact) mass is 321 g/mol. The van der Waals surface area contributed by atoms with Crippen LogP contribution in [0.1, 0.15) is 0 Å². The normalized spacial score (nSPS) is 8.10. The molecule has 0 atom stereocenters. The van der Waals surface area contributed by atoms with Gasteiger partial charge in [-0.25, -0.2) is 4.98 Å². The van der Waals surface area contributed by atoms with Gasteiger partial charge in [0.2, 0.25) is 5.88 Å². The molecule has 0 aliphatic rings. The van der Waals surface area contributed by atoms with E-state index in [0.29, 0.717) is 5.88 Å². The molecule has 0 aliphatic heterocycles. The van der Waals surface area contributed by atoms with E-state index in [9.17, 15) is 0 Å². The van der Waals surface area contributed by atoms with Gasteiger partial charge in [-0.05, 0) is 0 Å². The third kappa shape index (κ3) is 2.31. The standard InChI is InChI=1S/C5H6N2O2.Pt/c1-9-4-2-3-6-5(8)7-4;/h2-3H,1H3,(H,6,7,8);. The minimum atomic E-state index is -0.269. The van der Waals surface area contributed by atoms with Gasteiger partial charge in [-0.2, -0.15) is 4.98 Å². The molecule has 0 fully saturated rings. The van der Waals surface area contributed by atoms with E-state index < -0.39 is 0 Å². The maximum Gasteiger partial charge on any atom is 0.317 e. The van der Waals surface area contributed by atoms with E-state index in [1.54, 1.807) is 6.07 Å². The summed E-state index contributed by atoms with van der Waals surface area (Å²) in [5.41, 5.74) is 0. The summed E-state index contributed by atoms with van der Waals surface area (Å²) >= 11 is 0. The van der Waals surface area contributed by atoms with Crippen molar-refractivity contribution in [3.8, 4) is 11.9 Å². The number of rotatable bonds is 1.